The van der Waals surface area contributed by atoms with Crippen molar-refractivity contribution in [1.82, 2.24) is 9.88 Å². The van der Waals surface area contributed by atoms with E-state index >= 15 is 0 Å². The summed E-state index contributed by atoms with van der Waals surface area (Å²) in [7, 11) is 1.56. The third kappa shape index (κ3) is 3.38. The van der Waals surface area contributed by atoms with Crippen LogP contribution in [-0.2, 0) is 0 Å². The molecule has 1 aliphatic rings. The van der Waals surface area contributed by atoms with Crippen molar-refractivity contribution < 1.29 is 18.7 Å². The van der Waals surface area contributed by atoms with Gasteiger partial charge in [-0.25, -0.2) is 14.2 Å². The van der Waals surface area contributed by atoms with E-state index in [1.54, 1.807) is 24.3 Å². The topological polar surface area (TPSA) is 71.5 Å². The van der Waals surface area contributed by atoms with Crippen LogP contribution in [-0.4, -0.2) is 41.9 Å². The highest BCUT2D eigenvalue weighted by Crippen LogP contribution is 2.27. The fourth-order valence-electron chi connectivity index (χ4n) is 3.25. The lowest BCUT2D eigenvalue weighted by Crippen LogP contribution is -2.54. The summed E-state index contributed by atoms with van der Waals surface area (Å²) in [5.41, 5.74) is 1.11. The van der Waals surface area contributed by atoms with Crippen LogP contribution in [0.1, 0.15) is 10.4 Å². The number of methoxy groups -OCH3 is 1. The Labute approximate surface area is 160 Å². The number of amides is 2. The number of hydrogen-bond acceptors (Lipinski definition) is 4. The number of rotatable bonds is 4. The summed E-state index contributed by atoms with van der Waals surface area (Å²) in [6.45, 7) is 0.681. The number of fused-ring (bicyclic) bond motifs is 1. The van der Waals surface area contributed by atoms with E-state index in [9.17, 15) is 14.0 Å². The number of nitrogens with zero attached hydrogens (tertiary/aromatic N) is 2. The molecule has 4 rings (SSSR count). The van der Waals surface area contributed by atoms with Gasteiger partial charge in [0.25, 0.3) is 0 Å². The molecular formula is C21H18FN3O3. The number of Topliss-reactive ketones (excluding diaryl/α,β-unsaturated/α-hetero) is 1. The van der Waals surface area contributed by atoms with Gasteiger partial charge in [-0.15, -0.1) is 0 Å². The molecule has 28 heavy (non-hydrogen) atoms. The number of benzene rings is 2. The number of nitrogens with one attached hydrogen (secondary N) is 1. The number of urea groups is 1. The Kier molecular flexibility index (Phi) is 4.65. The Hall–Kier alpha value is -3.48. The zero-order valence-corrected chi connectivity index (χ0v) is 15.2. The monoisotopic (exact) mass is 379 g/mol. The Bertz CT molecular complexity index is 1050. The third-order valence-electron chi connectivity index (χ3n) is 4.84. The number of likely N-dealkylation sites (tertiary alicyclic amines) is 1. The molecule has 0 aliphatic carbocycles. The van der Waals surface area contributed by atoms with Gasteiger partial charge in [-0.2, -0.15) is 0 Å². The molecule has 2 heterocycles. The van der Waals surface area contributed by atoms with Gasteiger partial charge in [0.1, 0.15) is 5.82 Å². The molecule has 2 aromatic carbocycles. The first-order chi connectivity index (χ1) is 13.5. The quantitative estimate of drug-likeness (QED) is 0.701. The minimum atomic E-state index is -0.380. The van der Waals surface area contributed by atoms with Crippen LogP contribution in [0, 0.1) is 11.7 Å². The van der Waals surface area contributed by atoms with Gasteiger partial charge in [-0.3, -0.25) is 4.79 Å². The Morgan fingerprint density at radius 1 is 1.14 bits per heavy atom. The zero-order valence-electron chi connectivity index (χ0n) is 15.2. The minimum Gasteiger partial charge on any atom is -0.481 e. The first-order valence-corrected chi connectivity index (χ1v) is 8.83. The van der Waals surface area contributed by atoms with E-state index in [4.69, 9.17) is 4.74 Å². The summed E-state index contributed by atoms with van der Waals surface area (Å²) < 4.78 is 18.2. The van der Waals surface area contributed by atoms with E-state index in [1.165, 1.54) is 24.3 Å². The Morgan fingerprint density at radius 3 is 2.61 bits per heavy atom. The van der Waals surface area contributed by atoms with Crippen LogP contribution in [0.3, 0.4) is 0 Å². The number of ether oxygens (including phenoxy) is 1. The van der Waals surface area contributed by atoms with Gasteiger partial charge in [0.2, 0.25) is 5.88 Å². The summed E-state index contributed by atoms with van der Waals surface area (Å²) in [5.74, 6) is -0.187. The Balaban J connectivity index is 1.38. The summed E-state index contributed by atoms with van der Waals surface area (Å²) in [4.78, 5) is 30.5. The minimum absolute atomic E-state index is 0.0747. The highest BCUT2D eigenvalue weighted by Gasteiger charge is 2.36. The fourth-order valence-corrected chi connectivity index (χ4v) is 3.25. The maximum absolute atomic E-state index is 13.0. The van der Waals surface area contributed by atoms with Crippen LogP contribution < -0.4 is 10.1 Å². The van der Waals surface area contributed by atoms with Crippen molar-refractivity contribution in [3.63, 3.8) is 0 Å². The molecular weight excluding hydrogens is 361 g/mol. The van der Waals surface area contributed by atoms with Crippen LogP contribution >= 0.6 is 0 Å². The molecule has 2 amide bonds. The van der Waals surface area contributed by atoms with Gasteiger partial charge in [-0.05, 0) is 53.9 Å². The number of halogens is 1. The Morgan fingerprint density at radius 2 is 1.89 bits per heavy atom. The molecule has 1 aliphatic heterocycles. The molecule has 0 bridgehead atoms. The van der Waals surface area contributed by atoms with Crippen LogP contribution in [0.25, 0.3) is 10.8 Å². The summed E-state index contributed by atoms with van der Waals surface area (Å²) >= 11 is 0. The SMILES string of the molecule is COc1nccc2cc(NC(=O)N3CC(C(=O)c4ccc(F)cc4)C3)ccc12. The molecule has 1 N–H and O–H groups in total. The number of pyridine rings is 1. The average Bonchev–Trinajstić information content (AvgIpc) is 2.66. The molecule has 1 aromatic heterocycles. The van der Waals surface area contributed by atoms with Crippen LogP contribution in [0.5, 0.6) is 5.88 Å². The fraction of sp³-hybridized carbons (Fsp3) is 0.190. The second-order valence-electron chi connectivity index (χ2n) is 6.66. The number of ketones is 1. The average molecular weight is 379 g/mol. The molecule has 0 spiro atoms. The van der Waals surface area contributed by atoms with Crippen molar-refractivity contribution in [2.75, 3.05) is 25.5 Å². The third-order valence-corrected chi connectivity index (χ3v) is 4.84. The predicted molar refractivity (Wildman–Crippen MR) is 103 cm³/mol. The van der Waals surface area contributed by atoms with Crippen LogP contribution in [0.15, 0.2) is 54.7 Å². The number of aromatic nitrogens is 1. The second kappa shape index (κ2) is 7.26. The molecule has 7 heteroatoms. The van der Waals surface area contributed by atoms with Crippen molar-refractivity contribution in [1.29, 1.82) is 0 Å². The molecule has 3 aromatic rings. The highest BCUT2D eigenvalue weighted by molar-refractivity contribution is 6.01. The highest BCUT2D eigenvalue weighted by atomic mass is 19.1. The van der Waals surface area contributed by atoms with E-state index in [2.05, 4.69) is 10.3 Å². The van der Waals surface area contributed by atoms with Crippen LogP contribution in [0.4, 0.5) is 14.9 Å². The van der Waals surface area contributed by atoms with Crippen molar-refractivity contribution in [3.8, 4) is 5.88 Å². The molecule has 0 atom stereocenters. The molecule has 1 saturated heterocycles. The van der Waals surface area contributed by atoms with Crippen molar-refractivity contribution in [2.24, 2.45) is 5.92 Å². The predicted octanol–water partition coefficient (Wildman–Crippen LogP) is 3.73. The molecule has 0 saturated carbocycles. The van der Waals surface area contributed by atoms with E-state index in [0.717, 1.165) is 10.8 Å². The maximum Gasteiger partial charge on any atom is 0.321 e. The molecule has 6 nitrogen and oxygen atoms in total. The van der Waals surface area contributed by atoms with Gasteiger partial charge < -0.3 is 15.0 Å². The van der Waals surface area contributed by atoms with Crippen molar-refractivity contribution >= 4 is 28.3 Å². The van der Waals surface area contributed by atoms with E-state index in [-0.39, 0.29) is 23.5 Å². The molecule has 142 valence electrons. The van der Waals surface area contributed by atoms with E-state index in [1.807, 2.05) is 18.2 Å². The number of hydrogen-bond donors (Lipinski definition) is 1. The van der Waals surface area contributed by atoms with Gasteiger partial charge in [0, 0.05) is 35.9 Å². The molecule has 1 fully saturated rings. The first kappa shape index (κ1) is 17.9. The largest absolute Gasteiger partial charge is 0.481 e. The number of carbonyl (C=O) groups is 2. The van der Waals surface area contributed by atoms with Gasteiger partial charge in [0.15, 0.2) is 5.78 Å². The van der Waals surface area contributed by atoms with Crippen molar-refractivity contribution in [2.45, 2.75) is 0 Å². The zero-order chi connectivity index (χ0) is 19.7. The lowest BCUT2D eigenvalue weighted by Gasteiger charge is -2.38. The van der Waals surface area contributed by atoms with Crippen molar-refractivity contribution in [3.05, 3.63) is 66.1 Å². The molecule has 0 radical (unpaired) electrons. The van der Waals surface area contributed by atoms with Gasteiger partial charge in [0.05, 0.1) is 13.0 Å². The maximum atomic E-state index is 13.0. The lowest BCUT2D eigenvalue weighted by molar-refractivity contribution is 0.0732. The van der Waals surface area contributed by atoms with E-state index < -0.39 is 0 Å². The first-order valence-electron chi connectivity index (χ1n) is 8.83. The van der Waals surface area contributed by atoms with Gasteiger partial charge in [-0.1, -0.05) is 0 Å². The lowest BCUT2D eigenvalue weighted by atomic mass is 9.91. The van der Waals surface area contributed by atoms with Gasteiger partial charge >= 0.3 is 6.03 Å². The summed E-state index contributed by atoms with van der Waals surface area (Å²) in [5, 5.41) is 4.60. The standard InChI is InChI=1S/C21H18FN3O3/c1-28-20-18-7-6-17(10-14(18)8-9-23-20)24-21(27)25-11-15(12-25)19(26)13-2-4-16(22)5-3-13/h2-10,15H,11-12H2,1H3,(H,24,27). The second-order valence-corrected chi connectivity index (χ2v) is 6.66. The molecule has 0 unspecified atom stereocenters. The smallest absolute Gasteiger partial charge is 0.321 e. The summed E-state index contributed by atoms with van der Waals surface area (Å²) in [6, 6.07) is 12.5. The number of anilines is 1. The summed E-state index contributed by atoms with van der Waals surface area (Å²) in [6.07, 6.45) is 1.65. The van der Waals surface area contributed by atoms with Crippen LogP contribution in [0.2, 0.25) is 0 Å². The number of carbonyl (C=O) groups excluding carboxylic acids is 2. The normalized spacial score (nSPS) is 13.9. The van der Waals surface area contributed by atoms with E-state index in [0.29, 0.717) is 30.2 Å².